The summed E-state index contributed by atoms with van der Waals surface area (Å²) in [5.41, 5.74) is 2.73. The fourth-order valence-corrected chi connectivity index (χ4v) is 4.41. The molecule has 0 bridgehead atoms. The number of hydrogen-bond donors (Lipinski definition) is 1. The maximum atomic E-state index is 13.6. The number of amides is 1. The molecule has 0 atom stereocenters. The van der Waals surface area contributed by atoms with Gasteiger partial charge < -0.3 is 15.1 Å². The number of anilines is 2. The van der Waals surface area contributed by atoms with Crippen LogP contribution in [0.5, 0.6) is 0 Å². The van der Waals surface area contributed by atoms with E-state index in [0.717, 1.165) is 16.9 Å². The van der Waals surface area contributed by atoms with E-state index in [0.29, 0.717) is 56.7 Å². The predicted octanol–water partition coefficient (Wildman–Crippen LogP) is 4.50. The van der Waals surface area contributed by atoms with Crippen LogP contribution in [0.4, 0.5) is 25.1 Å². The Morgan fingerprint density at radius 3 is 2.52 bits per heavy atom. The Labute approximate surface area is 197 Å². The topological polar surface area (TPSA) is 56.6 Å². The number of halogens is 3. The summed E-state index contributed by atoms with van der Waals surface area (Å²) < 4.78 is 28.6. The van der Waals surface area contributed by atoms with Gasteiger partial charge >= 0.3 is 6.03 Å². The number of carbonyl (C=O) groups is 1. The molecule has 1 amide bonds. The Balaban J connectivity index is 1.36. The molecule has 2 aliphatic heterocycles. The van der Waals surface area contributed by atoms with Crippen LogP contribution >= 0.6 is 11.6 Å². The monoisotopic (exact) mass is 478 g/mol. The first-order valence-electron chi connectivity index (χ1n) is 11.1. The summed E-state index contributed by atoms with van der Waals surface area (Å²) >= 11 is 6.23. The molecular weight excluding hydrogens is 450 g/mol. The molecule has 2 saturated heterocycles. The lowest BCUT2D eigenvalue weighted by atomic mass is 10.0. The molecule has 10 heteroatoms. The summed E-state index contributed by atoms with van der Waals surface area (Å²) in [4.78, 5) is 18.8. The fraction of sp³-hybridized carbons (Fsp3) is 0.478. The van der Waals surface area contributed by atoms with Gasteiger partial charge in [0.05, 0.1) is 0 Å². The SMILES string of the molecule is C=C(C)Nc1ccn(C(=O)N2CCN(Cc3ccc(Cl)cc3N3CCC(F)(F)CC3)CC2)n1. The van der Waals surface area contributed by atoms with Crippen molar-refractivity contribution < 1.29 is 13.6 Å². The van der Waals surface area contributed by atoms with Gasteiger partial charge in [-0.25, -0.2) is 13.6 Å². The van der Waals surface area contributed by atoms with E-state index in [-0.39, 0.29) is 18.9 Å². The number of nitrogens with one attached hydrogen (secondary N) is 1. The van der Waals surface area contributed by atoms with Crippen molar-refractivity contribution in [3.8, 4) is 0 Å². The Morgan fingerprint density at radius 2 is 1.85 bits per heavy atom. The fourth-order valence-electron chi connectivity index (χ4n) is 4.24. The van der Waals surface area contributed by atoms with Gasteiger partial charge in [-0.05, 0) is 24.6 Å². The van der Waals surface area contributed by atoms with Gasteiger partial charge in [0.1, 0.15) is 0 Å². The minimum atomic E-state index is -2.59. The van der Waals surface area contributed by atoms with Crippen LogP contribution < -0.4 is 10.2 Å². The van der Waals surface area contributed by atoms with Gasteiger partial charge in [-0.1, -0.05) is 24.2 Å². The van der Waals surface area contributed by atoms with Crippen molar-refractivity contribution in [2.45, 2.75) is 32.2 Å². The number of nitrogens with zero attached hydrogens (tertiary/aromatic N) is 5. The molecule has 3 heterocycles. The van der Waals surface area contributed by atoms with Crippen LogP contribution in [-0.4, -0.2) is 70.8 Å². The molecule has 0 radical (unpaired) electrons. The van der Waals surface area contributed by atoms with Crippen LogP contribution in [0, 0.1) is 0 Å². The molecular formula is C23H29ClF2N6O. The molecule has 0 unspecified atom stereocenters. The van der Waals surface area contributed by atoms with Gasteiger partial charge in [-0.2, -0.15) is 4.68 Å². The Hall–Kier alpha value is -2.65. The third-order valence-electron chi connectivity index (χ3n) is 6.05. The van der Waals surface area contributed by atoms with Crippen LogP contribution in [0.2, 0.25) is 5.02 Å². The van der Waals surface area contributed by atoms with Gasteiger partial charge in [-0.15, -0.1) is 5.10 Å². The first-order chi connectivity index (χ1) is 15.7. The number of aromatic nitrogens is 2. The van der Waals surface area contributed by atoms with E-state index in [9.17, 15) is 13.6 Å². The Bertz CT molecular complexity index is 1010. The molecule has 2 fully saturated rings. The number of hydrogen-bond acceptors (Lipinski definition) is 5. The number of allylic oxidation sites excluding steroid dienone is 1. The van der Waals surface area contributed by atoms with Crippen LogP contribution in [-0.2, 0) is 6.54 Å². The van der Waals surface area contributed by atoms with E-state index in [2.05, 4.69) is 21.9 Å². The van der Waals surface area contributed by atoms with Crippen LogP contribution in [0.3, 0.4) is 0 Å². The average molecular weight is 479 g/mol. The van der Waals surface area contributed by atoms with E-state index in [1.165, 1.54) is 4.68 Å². The summed E-state index contributed by atoms with van der Waals surface area (Å²) in [6, 6.07) is 7.26. The smallest absolute Gasteiger partial charge is 0.344 e. The minimum Gasteiger partial charge on any atom is -0.371 e. The molecule has 33 heavy (non-hydrogen) atoms. The number of carbonyl (C=O) groups excluding carboxylic acids is 1. The molecule has 4 rings (SSSR count). The van der Waals surface area contributed by atoms with Crippen molar-refractivity contribution in [2.75, 3.05) is 49.5 Å². The summed E-state index contributed by atoms with van der Waals surface area (Å²) in [5, 5.41) is 7.86. The van der Waals surface area contributed by atoms with E-state index in [1.807, 2.05) is 30.0 Å². The number of benzene rings is 1. The number of rotatable bonds is 5. The van der Waals surface area contributed by atoms with Gasteiger partial charge in [0.2, 0.25) is 0 Å². The maximum absolute atomic E-state index is 13.6. The zero-order valence-electron chi connectivity index (χ0n) is 18.7. The molecule has 1 aromatic heterocycles. The standard InChI is InChI=1S/C23H29ClF2N6O/c1-17(2)27-21-5-8-32(28-21)22(33)31-13-11-29(12-14-31)16-18-3-4-19(24)15-20(18)30-9-6-23(25,26)7-10-30/h3-5,8,15H,1,6-7,9-14,16H2,2H3,(H,27,28). The lowest BCUT2D eigenvalue weighted by Gasteiger charge is -2.37. The maximum Gasteiger partial charge on any atom is 0.344 e. The van der Waals surface area contributed by atoms with Gasteiger partial charge in [-0.3, -0.25) is 4.90 Å². The first kappa shape index (κ1) is 23.5. The van der Waals surface area contributed by atoms with E-state index in [4.69, 9.17) is 11.6 Å². The molecule has 0 saturated carbocycles. The second-order valence-corrected chi connectivity index (χ2v) is 9.15. The van der Waals surface area contributed by atoms with E-state index >= 15 is 0 Å². The van der Waals surface area contributed by atoms with Crippen molar-refractivity contribution in [3.05, 3.63) is 53.3 Å². The lowest BCUT2D eigenvalue weighted by Crippen LogP contribution is -2.49. The summed E-state index contributed by atoms with van der Waals surface area (Å²) in [6.45, 7) is 9.50. The molecule has 178 valence electrons. The van der Waals surface area contributed by atoms with Gasteiger partial charge in [0.25, 0.3) is 5.92 Å². The van der Waals surface area contributed by atoms with Crippen molar-refractivity contribution in [1.29, 1.82) is 0 Å². The second kappa shape index (κ2) is 9.69. The third-order valence-corrected chi connectivity index (χ3v) is 6.28. The van der Waals surface area contributed by atoms with Crippen LogP contribution in [0.1, 0.15) is 25.3 Å². The predicted molar refractivity (Wildman–Crippen MR) is 126 cm³/mol. The van der Waals surface area contributed by atoms with Crippen molar-refractivity contribution in [2.24, 2.45) is 0 Å². The van der Waals surface area contributed by atoms with Gasteiger partial charge in [0, 0.05) is 87.3 Å². The Morgan fingerprint density at radius 1 is 1.15 bits per heavy atom. The van der Waals surface area contributed by atoms with Crippen molar-refractivity contribution >= 4 is 29.1 Å². The molecule has 0 spiro atoms. The molecule has 2 aromatic rings. The lowest BCUT2D eigenvalue weighted by molar-refractivity contribution is -0.0221. The van der Waals surface area contributed by atoms with Crippen LogP contribution in [0.25, 0.3) is 0 Å². The van der Waals surface area contributed by atoms with E-state index < -0.39 is 5.92 Å². The zero-order valence-corrected chi connectivity index (χ0v) is 19.5. The number of alkyl halides is 2. The van der Waals surface area contributed by atoms with Crippen molar-refractivity contribution in [1.82, 2.24) is 19.6 Å². The van der Waals surface area contributed by atoms with Crippen molar-refractivity contribution in [3.63, 3.8) is 0 Å². The average Bonchev–Trinajstić information content (AvgIpc) is 3.23. The molecule has 1 N–H and O–H groups in total. The second-order valence-electron chi connectivity index (χ2n) is 8.71. The third kappa shape index (κ3) is 5.83. The highest BCUT2D eigenvalue weighted by Crippen LogP contribution is 2.33. The van der Waals surface area contributed by atoms with Crippen LogP contribution in [0.15, 0.2) is 42.7 Å². The summed E-state index contributed by atoms with van der Waals surface area (Å²) in [5.74, 6) is -2.01. The minimum absolute atomic E-state index is 0.142. The normalized spacial score (nSPS) is 18.9. The summed E-state index contributed by atoms with van der Waals surface area (Å²) in [7, 11) is 0. The highest BCUT2D eigenvalue weighted by Gasteiger charge is 2.34. The molecule has 0 aliphatic carbocycles. The Kier molecular flexibility index (Phi) is 6.90. The largest absolute Gasteiger partial charge is 0.371 e. The van der Waals surface area contributed by atoms with Gasteiger partial charge in [0.15, 0.2) is 5.82 Å². The summed E-state index contributed by atoms with van der Waals surface area (Å²) in [6.07, 6.45) is 1.36. The highest BCUT2D eigenvalue weighted by molar-refractivity contribution is 6.30. The molecule has 2 aliphatic rings. The zero-order chi connectivity index (χ0) is 23.6. The number of piperidine rings is 1. The quantitative estimate of drug-likeness (QED) is 0.685. The number of piperazine rings is 1. The first-order valence-corrected chi connectivity index (χ1v) is 11.5. The molecule has 1 aromatic carbocycles. The molecule has 7 nitrogen and oxygen atoms in total. The highest BCUT2D eigenvalue weighted by atomic mass is 35.5. The van der Waals surface area contributed by atoms with E-state index in [1.54, 1.807) is 17.2 Å².